The fourth-order valence-electron chi connectivity index (χ4n) is 0.526. The average molecular weight is 179 g/mol. The Hall–Kier alpha value is -0.420. The molecule has 0 spiro atoms. The molecule has 0 radical (unpaired) electrons. The summed E-state index contributed by atoms with van der Waals surface area (Å²) in [4.78, 5) is 10.2. The average Bonchev–Trinajstić information content (AvgIpc) is 1.99. The van der Waals surface area contributed by atoms with E-state index in [4.69, 9.17) is 10.8 Å². The molecule has 2 atom stereocenters. The number of hydrogen-bond acceptors (Lipinski definition) is 3. The van der Waals surface area contributed by atoms with Crippen LogP contribution in [0.25, 0.3) is 0 Å². The number of carbonyl (C=O) groups is 1. The maximum Gasteiger partial charge on any atom is 0.320 e. The monoisotopic (exact) mass is 179 g/mol. The predicted octanol–water partition coefficient (Wildman–Crippen LogP) is -0.443. The molecule has 5 heteroatoms. The van der Waals surface area contributed by atoms with E-state index in [1.165, 1.54) is 0 Å². The largest absolute Gasteiger partial charge is 0.480 e. The van der Waals surface area contributed by atoms with E-state index in [1.54, 1.807) is 6.92 Å². The van der Waals surface area contributed by atoms with Crippen molar-refractivity contribution in [2.24, 2.45) is 5.73 Å². The van der Waals surface area contributed by atoms with E-state index in [0.29, 0.717) is 11.5 Å². The van der Waals surface area contributed by atoms with Crippen molar-refractivity contribution in [3.8, 4) is 0 Å². The van der Waals surface area contributed by atoms with Crippen LogP contribution in [-0.4, -0.2) is 32.8 Å². The minimum Gasteiger partial charge on any atom is -0.480 e. The van der Waals surface area contributed by atoms with Gasteiger partial charge in [-0.1, -0.05) is 6.92 Å². The van der Waals surface area contributed by atoms with Gasteiger partial charge in [-0.25, -0.2) is 0 Å². The Balaban J connectivity index is 3.54. The molecule has 0 aliphatic rings. The Morgan fingerprint density at radius 1 is 1.73 bits per heavy atom. The van der Waals surface area contributed by atoms with E-state index in [0.717, 1.165) is 0 Å². The Kier molecular flexibility index (Phi) is 5.06. The Morgan fingerprint density at radius 3 is 2.64 bits per heavy atom. The third-order valence-corrected chi connectivity index (χ3v) is 2.63. The normalized spacial score (nSPS) is 15.8. The summed E-state index contributed by atoms with van der Waals surface area (Å²) in [6, 6.07) is -0.870. The zero-order valence-corrected chi connectivity index (χ0v) is 7.26. The molecule has 0 aliphatic heterocycles. The third kappa shape index (κ3) is 4.92. The highest BCUT2D eigenvalue weighted by atomic mass is 32.2. The van der Waals surface area contributed by atoms with E-state index in [9.17, 15) is 9.00 Å². The first-order valence-corrected chi connectivity index (χ1v) is 4.90. The van der Waals surface area contributed by atoms with Crippen LogP contribution < -0.4 is 5.73 Å². The van der Waals surface area contributed by atoms with Gasteiger partial charge in [-0.2, -0.15) is 0 Å². The number of aliphatic carboxylic acids is 1. The van der Waals surface area contributed by atoms with Crippen LogP contribution in [0.3, 0.4) is 0 Å². The van der Waals surface area contributed by atoms with Crippen molar-refractivity contribution in [2.75, 3.05) is 11.5 Å². The highest BCUT2D eigenvalue weighted by Gasteiger charge is 2.11. The van der Waals surface area contributed by atoms with Crippen LogP contribution in [0, 0.1) is 0 Å². The van der Waals surface area contributed by atoms with Gasteiger partial charge < -0.3 is 10.8 Å². The predicted molar refractivity (Wildman–Crippen MR) is 43.8 cm³/mol. The molecule has 0 fully saturated rings. The number of rotatable bonds is 5. The number of carboxylic acids is 1. The summed E-state index contributed by atoms with van der Waals surface area (Å²) >= 11 is 0. The zero-order chi connectivity index (χ0) is 8.85. The van der Waals surface area contributed by atoms with Crippen molar-refractivity contribution >= 4 is 16.8 Å². The van der Waals surface area contributed by atoms with Crippen molar-refractivity contribution in [3.05, 3.63) is 0 Å². The SMILES string of the molecule is CC[S@@](=O)CC[C@@H](N)C(=O)O. The first kappa shape index (κ1) is 10.6. The van der Waals surface area contributed by atoms with E-state index < -0.39 is 22.8 Å². The fraction of sp³-hybridized carbons (Fsp3) is 0.833. The van der Waals surface area contributed by atoms with Crippen molar-refractivity contribution in [2.45, 2.75) is 19.4 Å². The molecule has 11 heavy (non-hydrogen) atoms. The smallest absolute Gasteiger partial charge is 0.320 e. The van der Waals surface area contributed by atoms with Gasteiger partial charge in [-0.05, 0) is 6.42 Å². The summed E-state index contributed by atoms with van der Waals surface area (Å²) in [5.41, 5.74) is 5.19. The Morgan fingerprint density at radius 2 is 2.27 bits per heavy atom. The lowest BCUT2D eigenvalue weighted by molar-refractivity contribution is -0.138. The van der Waals surface area contributed by atoms with Gasteiger partial charge in [0.05, 0.1) is 0 Å². The molecule has 0 saturated carbocycles. The Bertz CT molecular complexity index is 160. The summed E-state index contributed by atoms with van der Waals surface area (Å²) in [5, 5.41) is 8.34. The zero-order valence-electron chi connectivity index (χ0n) is 6.45. The van der Waals surface area contributed by atoms with Gasteiger partial charge >= 0.3 is 5.97 Å². The van der Waals surface area contributed by atoms with Crippen LogP contribution in [-0.2, 0) is 15.6 Å². The maximum atomic E-state index is 10.8. The van der Waals surface area contributed by atoms with Crippen LogP contribution in [0.15, 0.2) is 0 Å². The minimum atomic E-state index is -1.03. The van der Waals surface area contributed by atoms with Gasteiger partial charge in [0.25, 0.3) is 0 Å². The third-order valence-electron chi connectivity index (χ3n) is 1.30. The van der Waals surface area contributed by atoms with Gasteiger partial charge in [0.1, 0.15) is 6.04 Å². The molecule has 0 aromatic heterocycles. The molecule has 0 bridgehead atoms. The van der Waals surface area contributed by atoms with Crippen molar-refractivity contribution in [3.63, 3.8) is 0 Å². The number of carboxylic acid groups (broad SMARTS) is 1. The molecule has 0 aliphatic carbocycles. The van der Waals surface area contributed by atoms with Crippen LogP contribution in [0.1, 0.15) is 13.3 Å². The van der Waals surface area contributed by atoms with Crippen LogP contribution in [0.5, 0.6) is 0 Å². The highest BCUT2D eigenvalue weighted by molar-refractivity contribution is 7.84. The van der Waals surface area contributed by atoms with Crippen molar-refractivity contribution in [1.82, 2.24) is 0 Å². The molecule has 0 amide bonds. The lowest BCUT2D eigenvalue weighted by Gasteiger charge is -2.03. The van der Waals surface area contributed by atoms with Gasteiger partial charge in [0.2, 0.25) is 0 Å². The molecule has 0 rings (SSSR count). The second-order valence-corrected chi connectivity index (χ2v) is 4.03. The molecule has 66 valence electrons. The fourth-order valence-corrected chi connectivity index (χ4v) is 1.33. The van der Waals surface area contributed by atoms with Crippen LogP contribution >= 0.6 is 0 Å². The first-order valence-electron chi connectivity index (χ1n) is 3.41. The lowest BCUT2D eigenvalue weighted by Crippen LogP contribution is -2.31. The summed E-state index contributed by atoms with van der Waals surface area (Å²) in [6.45, 7) is 1.79. The van der Waals surface area contributed by atoms with Crippen LogP contribution in [0.2, 0.25) is 0 Å². The highest BCUT2D eigenvalue weighted by Crippen LogP contribution is 1.92. The van der Waals surface area contributed by atoms with E-state index >= 15 is 0 Å². The lowest BCUT2D eigenvalue weighted by atomic mass is 10.2. The number of hydrogen-bond donors (Lipinski definition) is 2. The molecule has 0 aromatic carbocycles. The first-order chi connectivity index (χ1) is 5.07. The van der Waals surface area contributed by atoms with Crippen molar-refractivity contribution < 1.29 is 14.1 Å². The topological polar surface area (TPSA) is 80.4 Å². The Labute approximate surface area is 68.2 Å². The summed E-state index contributed by atoms with van der Waals surface area (Å²) in [7, 11) is -0.907. The molecule has 0 heterocycles. The van der Waals surface area contributed by atoms with Gasteiger partial charge in [0.15, 0.2) is 0 Å². The summed E-state index contributed by atoms with van der Waals surface area (Å²) < 4.78 is 10.8. The van der Waals surface area contributed by atoms with Gasteiger partial charge in [-0.3, -0.25) is 9.00 Å². The molecular formula is C6H13NO3S. The summed E-state index contributed by atoms with van der Waals surface area (Å²) in [6.07, 6.45) is 0.287. The van der Waals surface area contributed by atoms with E-state index in [2.05, 4.69) is 0 Å². The van der Waals surface area contributed by atoms with E-state index in [-0.39, 0.29) is 6.42 Å². The van der Waals surface area contributed by atoms with Gasteiger partial charge in [-0.15, -0.1) is 0 Å². The molecule has 4 nitrogen and oxygen atoms in total. The number of nitrogens with two attached hydrogens (primary N) is 1. The van der Waals surface area contributed by atoms with Crippen LogP contribution in [0.4, 0.5) is 0 Å². The minimum absolute atomic E-state index is 0.287. The summed E-state index contributed by atoms with van der Waals surface area (Å²) in [5.74, 6) is -0.0888. The quantitative estimate of drug-likeness (QED) is 0.599. The molecular weight excluding hydrogens is 166 g/mol. The standard InChI is InChI=1S/C6H13NO3S/c1-2-11(10)4-3-5(7)6(8)9/h5H,2-4,7H2,1H3,(H,8,9)/t5-,11-/m1/s1. The molecule has 3 N–H and O–H groups in total. The molecule has 0 unspecified atom stereocenters. The molecule has 0 aromatic rings. The second-order valence-electron chi connectivity index (χ2n) is 2.17. The van der Waals surface area contributed by atoms with Gasteiger partial charge in [0, 0.05) is 22.3 Å². The maximum absolute atomic E-state index is 10.8. The van der Waals surface area contributed by atoms with E-state index in [1.807, 2.05) is 0 Å². The second kappa shape index (κ2) is 5.26. The van der Waals surface area contributed by atoms with Crippen molar-refractivity contribution in [1.29, 1.82) is 0 Å². The molecule has 0 saturated heterocycles.